The van der Waals surface area contributed by atoms with E-state index in [1.165, 1.54) is 11.8 Å². The third kappa shape index (κ3) is 3.83. The van der Waals surface area contributed by atoms with Crippen LogP contribution in [0.3, 0.4) is 0 Å². The van der Waals surface area contributed by atoms with Crippen LogP contribution < -0.4 is 0 Å². The third-order valence-corrected chi connectivity index (χ3v) is 3.62. The van der Waals surface area contributed by atoms with Crippen LogP contribution in [0.5, 0.6) is 0 Å². The number of esters is 1. The van der Waals surface area contributed by atoms with Crippen LogP contribution in [0, 0.1) is 11.3 Å². The summed E-state index contributed by atoms with van der Waals surface area (Å²) in [6.45, 7) is 2.47. The molecule has 0 aliphatic heterocycles. The summed E-state index contributed by atoms with van der Waals surface area (Å²) < 4.78 is 6.64. The fourth-order valence-electron chi connectivity index (χ4n) is 1.76. The fourth-order valence-corrected chi connectivity index (χ4v) is 2.56. The molecule has 6 nitrogen and oxygen atoms in total. The van der Waals surface area contributed by atoms with Gasteiger partial charge < -0.3 is 9.30 Å². The predicted molar refractivity (Wildman–Crippen MR) is 78.4 cm³/mol. The average molecular weight is 302 g/mol. The van der Waals surface area contributed by atoms with E-state index in [2.05, 4.69) is 10.2 Å². The highest BCUT2D eigenvalue weighted by Crippen LogP contribution is 2.23. The molecule has 1 aromatic heterocycles. The predicted octanol–water partition coefficient (Wildman–Crippen LogP) is 2.12. The van der Waals surface area contributed by atoms with E-state index in [4.69, 9.17) is 10.00 Å². The summed E-state index contributed by atoms with van der Waals surface area (Å²) in [5, 5.41) is 17.3. The van der Waals surface area contributed by atoms with Gasteiger partial charge in [-0.05, 0) is 6.92 Å². The Hall–Kier alpha value is -2.33. The minimum absolute atomic E-state index is 0.106. The van der Waals surface area contributed by atoms with Crippen molar-refractivity contribution >= 4 is 17.7 Å². The normalized spacial score (nSPS) is 10.1. The van der Waals surface area contributed by atoms with Crippen LogP contribution in [0.1, 0.15) is 6.92 Å². The summed E-state index contributed by atoms with van der Waals surface area (Å²) in [7, 11) is 0. The average Bonchev–Trinajstić information content (AvgIpc) is 2.94. The van der Waals surface area contributed by atoms with Crippen molar-refractivity contribution in [3.63, 3.8) is 0 Å². The van der Waals surface area contributed by atoms with Crippen molar-refractivity contribution in [3.8, 4) is 17.5 Å². The lowest BCUT2D eigenvalue weighted by molar-refractivity contribution is -0.139. The zero-order valence-corrected chi connectivity index (χ0v) is 12.3. The van der Waals surface area contributed by atoms with Gasteiger partial charge in [0, 0.05) is 12.1 Å². The number of nitrogens with zero attached hydrogens (tertiary/aromatic N) is 4. The van der Waals surface area contributed by atoms with Crippen molar-refractivity contribution in [2.24, 2.45) is 0 Å². The molecule has 7 heteroatoms. The van der Waals surface area contributed by atoms with Gasteiger partial charge in [-0.15, -0.1) is 10.2 Å². The first-order valence-corrected chi connectivity index (χ1v) is 7.38. The number of ether oxygens (including phenoxy) is 1. The van der Waals surface area contributed by atoms with E-state index in [0.717, 1.165) is 11.4 Å². The SMILES string of the molecule is CCn1c(SCC(=O)OCC#N)nnc1-c1ccccc1. The maximum Gasteiger partial charge on any atom is 0.317 e. The molecule has 2 aromatic rings. The Bertz CT molecular complexity index is 649. The van der Waals surface area contributed by atoms with Gasteiger partial charge in [0.1, 0.15) is 6.07 Å². The second-order valence-corrected chi connectivity index (χ2v) is 4.97. The summed E-state index contributed by atoms with van der Waals surface area (Å²) in [4.78, 5) is 11.4. The summed E-state index contributed by atoms with van der Waals surface area (Å²) in [6.07, 6.45) is 0. The van der Waals surface area contributed by atoms with Crippen molar-refractivity contribution in [1.29, 1.82) is 5.26 Å². The van der Waals surface area contributed by atoms with Crippen LogP contribution in [0.15, 0.2) is 35.5 Å². The lowest BCUT2D eigenvalue weighted by Gasteiger charge is -2.06. The molecule has 1 heterocycles. The molecule has 0 unspecified atom stereocenters. The van der Waals surface area contributed by atoms with Gasteiger partial charge in [0.15, 0.2) is 17.6 Å². The zero-order chi connectivity index (χ0) is 15.1. The van der Waals surface area contributed by atoms with E-state index >= 15 is 0 Å². The molecule has 2 rings (SSSR count). The third-order valence-electron chi connectivity index (χ3n) is 2.68. The number of benzene rings is 1. The van der Waals surface area contributed by atoms with E-state index in [-0.39, 0.29) is 12.4 Å². The van der Waals surface area contributed by atoms with Gasteiger partial charge in [-0.1, -0.05) is 42.1 Å². The highest BCUT2D eigenvalue weighted by Gasteiger charge is 2.14. The van der Waals surface area contributed by atoms with Gasteiger partial charge in [-0.3, -0.25) is 4.79 Å². The first-order valence-electron chi connectivity index (χ1n) is 6.40. The first-order chi connectivity index (χ1) is 10.3. The highest BCUT2D eigenvalue weighted by atomic mass is 32.2. The van der Waals surface area contributed by atoms with Gasteiger partial charge in [-0.2, -0.15) is 5.26 Å². The quantitative estimate of drug-likeness (QED) is 0.600. The molecule has 0 spiro atoms. The Morgan fingerprint density at radius 1 is 1.38 bits per heavy atom. The van der Waals surface area contributed by atoms with Crippen LogP contribution >= 0.6 is 11.8 Å². The van der Waals surface area contributed by atoms with Crippen molar-refractivity contribution in [2.45, 2.75) is 18.6 Å². The second-order valence-electron chi connectivity index (χ2n) is 4.02. The smallest absolute Gasteiger partial charge is 0.317 e. The monoisotopic (exact) mass is 302 g/mol. The minimum atomic E-state index is -0.437. The lowest BCUT2D eigenvalue weighted by atomic mass is 10.2. The molecule has 0 saturated heterocycles. The fraction of sp³-hybridized carbons (Fsp3) is 0.286. The van der Waals surface area contributed by atoms with Crippen LogP contribution in [-0.2, 0) is 16.1 Å². The van der Waals surface area contributed by atoms with Gasteiger partial charge in [0.2, 0.25) is 0 Å². The molecule has 0 aliphatic carbocycles. The molecule has 0 amide bonds. The molecule has 0 radical (unpaired) electrons. The molecule has 0 bridgehead atoms. The van der Waals surface area contributed by atoms with Crippen molar-refractivity contribution in [2.75, 3.05) is 12.4 Å². The Morgan fingerprint density at radius 3 is 2.81 bits per heavy atom. The molecule has 0 saturated carbocycles. The Kier molecular flexibility index (Phi) is 5.35. The maximum atomic E-state index is 11.4. The van der Waals surface area contributed by atoms with Gasteiger partial charge >= 0.3 is 5.97 Å². The Morgan fingerprint density at radius 2 is 2.14 bits per heavy atom. The van der Waals surface area contributed by atoms with E-state index in [0.29, 0.717) is 11.7 Å². The number of rotatable bonds is 6. The molecular formula is C14H14N4O2S. The largest absolute Gasteiger partial charge is 0.450 e. The van der Waals surface area contributed by atoms with Crippen molar-refractivity contribution in [1.82, 2.24) is 14.8 Å². The molecule has 108 valence electrons. The molecule has 0 atom stereocenters. The molecule has 0 aliphatic rings. The van der Waals surface area contributed by atoms with Gasteiger partial charge in [0.25, 0.3) is 0 Å². The van der Waals surface area contributed by atoms with E-state index in [1.807, 2.05) is 41.8 Å². The van der Waals surface area contributed by atoms with Crippen molar-refractivity contribution in [3.05, 3.63) is 30.3 Å². The molecular weight excluding hydrogens is 288 g/mol. The Balaban J connectivity index is 2.10. The zero-order valence-electron chi connectivity index (χ0n) is 11.5. The minimum Gasteiger partial charge on any atom is -0.450 e. The standard InChI is InChI=1S/C14H14N4O2S/c1-2-18-13(11-6-4-3-5-7-11)16-17-14(18)21-10-12(19)20-9-8-15/h3-7H,2,9-10H2,1H3. The molecule has 21 heavy (non-hydrogen) atoms. The number of hydrogen-bond donors (Lipinski definition) is 0. The Labute approximate surface area is 126 Å². The lowest BCUT2D eigenvalue weighted by Crippen LogP contribution is -2.08. The number of carbonyl (C=O) groups is 1. The number of hydrogen-bond acceptors (Lipinski definition) is 6. The summed E-state index contributed by atoms with van der Waals surface area (Å²) >= 11 is 1.25. The summed E-state index contributed by atoms with van der Waals surface area (Å²) in [5.41, 5.74) is 0.978. The topological polar surface area (TPSA) is 80.8 Å². The first kappa shape index (κ1) is 15.1. The van der Waals surface area contributed by atoms with Crippen LogP contribution in [0.2, 0.25) is 0 Å². The number of nitriles is 1. The number of aromatic nitrogens is 3. The highest BCUT2D eigenvalue weighted by molar-refractivity contribution is 7.99. The number of carbonyl (C=O) groups excluding carboxylic acids is 1. The van der Waals surface area contributed by atoms with Gasteiger partial charge in [0.05, 0.1) is 5.75 Å². The molecule has 1 aromatic carbocycles. The molecule has 0 fully saturated rings. The number of thioether (sulfide) groups is 1. The van der Waals surface area contributed by atoms with Gasteiger partial charge in [-0.25, -0.2) is 0 Å². The maximum absolute atomic E-state index is 11.4. The van der Waals surface area contributed by atoms with Crippen LogP contribution in [-0.4, -0.2) is 33.1 Å². The van der Waals surface area contributed by atoms with E-state index in [9.17, 15) is 4.79 Å². The van der Waals surface area contributed by atoms with Crippen LogP contribution in [0.4, 0.5) is 0 Å². The van der Waals surface area contributed by atoms with Crippen LogP contribution in [0.25, 0.3) is 11.4 Å². The molecule has 0 N–H and O–H groups in total. The second kappa shape index (κ2) is 7.45. The summed E-state index contributed by atoms with van der Waals surface area (Å²) in [6, 6.07) is 11.5. The van der Waals surface area contributed by atoms with E-state index in [1.54, 1.807) is 6.07 Å². The van der Waals surface area contributed by atoms with Crippen molar-refractivity contribution < 1.29 is 9.53 Å². The van der Waals surface area contributed by atoms with E-state index < -0.39 is 5.97 Å². The summed E-state index contributed by atoms with van der Waals surface area (Å²) in [5.74, 6) is 0.439.